The number of carbonyl (C=O) groups is 2. The number of esters is 1. The Hall–Kier alpha value is -3.61. The van der Waals surface area contributed by atoms with Crippen LogP contribution in [0.2, 0.25) is 0 Å². The van der Waals surface area contributed by atoms with Crippen molar-refractivity contribution in [2.24, 2.45) is 10.9 Å². The van der Waals surface area contributed by atoms with Crippen molar-refractivity contribution in [3.63, 3.8) is 0 Å². The third kappa shape index (κ3) is 4.06. The van der Waals surface area contributed by atoms with E-state index in [0.29, 0.717) is 46.9 Å². The van der Waals surface area contributed by atoms with E-state index in [1.54, 1.807) is 27.4 Å². The van der Waals surface area contributed by atoms with Crippen LogP contribution >= 0.6 is 0 Å². The first-order chi connectivity index (χ1) is 16.4. The SMILES string of the molecule is COC(=O)C1C(C)=NC2=C(C(=O)C[C@@H](c3ccc(OC)cc3)C2)[C@H]1c1cccc(OC)c1OC. The second-order valence-electron chi connectivity index (χ2n) is 8.48. The molecule has 7 heteroatoms. The lowest BCUT2D eigenvalue weighted by Gasteiger charge is -2.37. The largest absolute Gasteiger partial charge is 0.497 e. The standard InChI is InChI=1S/C27H29NO6/c1-15-23(27(30)34-5)24(19-7-6-8-22(32-3)26(19)33-4)25-20(28-15)13-17(14-21(25)29)16-9-11-18(31-2)12-10-16/h6-12,17,23-24H,13-14H2,1-5H3/t17-,23?,24-/m0/s1. The molecule has 2 aliphatic rings. The zero-order chi connectivity index (χ0) is 24.4. The summed E-state index contributed by atoms with van der Waals surface area (Å²) in [6.07, 6.45) is 0.928. The third-order valence-electron chi connectivity index (χ3n) is 6.70. The summed E-state index contributed by atoms with van der Waals surface area (Å²) in [6, 6.07) is 13.3. The fourth-order valence-corrected chi connectivity index (χ4v) is 5.10. The smallest absolute Gasteiger partial charge is 0.315 e. The highest BCUT2D eigenvalue weighted by Crippen LogP contribution is 2.50. The van der Waals surface area contributed by atoms with E-state index in [2.05, 4.69) is 0 Å². The van der Waals surface area contributed by atoms with E-state index in [-0.39, 0.29) is 11.7 Å². The van der Waals surface area contributed by atoms with Gasteiger partial charge < -0.3 is 18.9 Å². The van der Waals surface area contributed by atoms with Crippen molar-refractivity contribution in [3.8, 4) is 17.2 Å². The van der Waals surface area contributed by atoms with Crippen LogP contribution in [0.5, 0.6) is 17.2 Å². The van der Waals surface area contributed by atoms with E-state index in [4.69, 9.17) is 23.9 Å². The minimum Gasteiger partial charge on any atom is -0.497 e. The van der Waals surface area contributed by atoms with Gasteiger partial charge >= 0.3 is 5.97 Å². The number of carbonyl (C=O) groups excluding carboxylic acids is 2. The van der Waals surface area contributed by atoms with Crippen molar-refractivity contribution in [3.05, 3.63) is 64.9 Å². The highest BCUT2D eigenvalue weighted by atomic mass is 16.5. The number of nitrogens with zero attached hydrogens (tertiary/aromatic N) is 1. The predicted octanol–water partition coefficient (Wildman–Crippen LogP) is 4.46. The van der Waals surface area contributed by atoms with Gasteiger partial charge in [-0.3, -0.25) is 14.6 Å². The maximum Gasteiger partial charge on any atom is 0.315 e. The summed E-state index contributed by atoms with van der Waals surface area (Å²) in [5.74, 6) is 0.0240. The molecule has 34 heavy (non-hydrogen) atoms. The number of para-hydroxylation sites is 1. The Bertz CT molecular complexity index is 1160. The molecule has 0 saturated carbocycles. The van der Waals surface area contributed by atoms with Gasteiger partial charge in [0, 0.05) is 34.9 Å². The quantitative estimate of drug-likeness (QED) is 0.588. The number of methoxy groups -OCH3 is 4. The molecule has 0 amide bonds. The van der Waals surface area contributed by atoms with Crippen LogP contribution < -0.4 is 14.2 Å². The van der Waals surface area contributed by atoms with Gasteiger partial charge in [0.2, 0.25) is 0 Å². The second kappa shape index (κ2) is 9.71. The summed E-state index contributed by atoms with van der Waals surface area (Å²) >= 11 is 0. The average molecular weight is 464 g/mol. The van der Waals surface area contributed by atoms with Crippen LogP contribution in [0.3, 0.4) is 0 Å². The Kier molecular flexibility index (Phi) is 6.72. The van der Waals surface area contributed by atoms with Crippen molar-refractivity contribution in [1.29, 1.82) is 0 Å². The number of Topliss-reactive ketones (excluding diaryl/α,β-unsaturated/α-hetero) is 1. The molecule has 0 N–H and O–H groups in total. The van der Waals surface area contributed by atoms with Crippen LogP contribution in [0.1, 0.15) is 42.7 Å². The monoisotopic (exact) mass is 463 g/mol. The molecule has 2 aromatic carbocycles. The van der Waals surface area contributed by atoms with Crippen LogP contribution in [0.15, 0.2) is 58.7 Å². The molecule has 178 valence electrons. The van der Waals surface area contributed by atoms with Gasteiger partial charge in [0.25, 0.3) is 0 Å². The number of rotatable bonds is 6. The van der Waals surface area contributed by atoms with E-state index in [9.17, 15) is 9.59 Å². The Labute approximate surface area is 199 Å². The van der Waals surface area contributed by atoms with Gasteiger partial charge in [0.15, 0.2) is 17.3 Å². The number of ketones is 1. The number of aliphatic imine (C=N–C) groups is 1. The number of hydrogen-bond donors (Lipinski definition) is 0. The molecule has 0 radical (unpaired) electrons. The van der Waals surface area contributed by atoms with Crippen LogP contribution in [0, 0.1) is 5.92 Å². The first-order valence-electron chi connectivity index (χ1n) is 11.2. The Morgan fingerprint density at radius 1 is 0.941 bits per heavy atom. The molecule has 1 heterocycles. The second-order valence-corrected chi connectivity index (χ2v) is 8.48. The maximum absolute atomic E-state index is 13.7. The minimum atomic E-state index is -0.730. The summed E-state index contributed by atoms with van der Waals surface area (Å²) in [6.45, 7) is 1.81. The van der Waals surface area contributed by atoms with E-state index in [1.165, 1.54) is 7.11 Å². The van der Waals surface area contributed by atoms with Crippen molar-refractivity contribution < 1.29 is 28.5 Å². The summed E-state index contributed by atoms with van der Waals surface area (Å²) in [7, 11) is 6.08. The van der Waals surface area contributed by atoms with Crippen molar-refractivity contribution in [2.45, 2.75) is 31.6 Å². The van der Waals surface area contributed by atoms with Gasteiger partial charge in [-0.1, -0.05) is 24.3 Å². The molecular formula is C27H29NO6. The van der Waals surface area contributed by atoms with Gasteiger partial charge in [0.1, 0.15) is 11.7 Å². The molecule has 0 aromatic heterocycles. The molecule has 0 bridgehead atoms. The molecule has 4 rings (SSSR count). The van der Waals surface area contributed by atoms with Gasteiger partial charge in [-0.05, 0) is 43.0 Å². The third-order valence-corrected chi connectivity index (χ3v) is 6.70. The number of ether oxygens (including phenoxy) is 4. The topological polar surface area (TPSA) is 83.4 Å². The lowest BCUT2D eigenvalue weighted by atomic mass is 9.69. The van der Waals surface area contributed by atoms with Crippen LogP contribution in [0.25, 0.3) is 0 Å². The van der Waals surface area contributed by atoms with E-state index >= 15 is 0 Å². The number of benzene rings is 2. The molecule has 1 aliphatic heterocycles. The van der Waals surface area contributed by atoms with Crippen LogP contribution in [-0.4, -0.2) is 45.9 Å². The molecule has 3 atom stereocenters. The van der Waals surface area contributed by atoms with Crippen molar-refractivity contribution in [2.75, 3.05) is 28.4 Å². The zero-order valence-corrected chi connectivity index (χ0v) is 20.1. The van der Waals surface area contributed by atoms with Gasteiger partial charge in [-0.15, -0.1) is 0 Å². The first-order valence-corrected chi connectivity index (χ1v) is 11.2. The molecule has 7 nitrogen and oxygen atoms in total. The zero-order valence-electron chi connectivity index (χ0n) is 20.1. The lowest BCUT2D eigenvalue weighted by Crippen LogP contribution is -2.38. The molecule has 0 saturated heterocycles. The summed E-state index contributed by atoms with van der Waals surface area (Å²) < 4.78 is 21.6. The van der Waals surface area contributed by atoms with Crippen molar-refractivity contribution >= 4 is 17.5 Å². The average Bonchev–Trinajstić information content (AvgIpc) is 2.86. The first kappa shape index (κ1) is 23.5. The molecule has 2 aromatic rings. The summed E-state index contributed by atoms with van der Waals surface area (Å²) in [5.41, 5.74) is 3.64. The van der Waals surface area contributed by atoms with Gasteiger partial charge in [-0.2, -0.15) is 0 Å². The molecule has 1 aliphatic carbocycles. The lowest BCUT2D eigenvalue weighted by molar-refractivity contribution is -0.143. The van der Waals surface area contributed by atoms with Crippen molar-refractivity contribution in [1.82, 2.24) is 0 Å². The van der Waals surface area contributed by atoms with Crippen LogP contribution in [-0.2, 0) is 14.3 Å². The highest BCUT2D eigenvalue weighted by Gasteiger charge is 2.45. The Balaban J connectivity index is 1.84. The molecular weight excluding hydrogens is 434 g/mol. The number of allylic oxidation sites excluding steroid dienone is 2. The van der Waals surface area contributed by atoms with E-state index < -0.39 is 17.8 Å². The minimum absolute atomic E-state index is 0.00348. The number of hydrogen-bond acceptors (Lipinski definition) is 7. The fraction of sp³-hybridized carbons (Fsp3) is 0.370. The van der Waals surface area contributed by atoms with E-state index in [0.717, 1.165) is 11.3 Å². The summed E-state index contributed by atoms with van der Waals surface area (Å²) in [5, 5.41) is 0. The Morgan fingerprint density at radius 2 is 1.68 bits per heavy atom. The van der Waals surface area contributed by atoms with Crippen LogP contribution in [0.4, 0.5) is 0 Å². The highest BCUT2D eigenvalue weighted by molar-refractivity contribution is 6.09. The van der Waals surface area contributed by atoms with Gasteiger partial charge in [-0.25, -0.2) is 0 Å². The molecule has 0 spiro atoms. The summed E-state index contributed by atoms with van der Waals surface area (Å²) in [4.78, 5) is 31.3. The molecule has 0 fully saturated rings. The normalized spacial score (nSPS) is 22.0. The molecule has 1 unspecified atom stereocenters. The maximum atomic E-state index is 13.7. The predicted molar refractivity (Wildman–Crippen MR) is 128 cm³/mol. The fourth-order valence-electron chi connectivity index (χ4n) is 5.10. The van der Waals surface area contributed by atoms with Gasteiger partial charge in [0.05, 0.1) is 28.4 Å². The van der Waals surface area contributed by atoms with E-state index in [1.807, 2.05) is 43.3 Å². The Morgan fingerprint density at radius 3 is 2.29 bits per heavy atom.